The van der Waals surface area contributed by atoms with E-state index in [4.69, 9.17) is 0 Å². The SMILES string of the molecule is Cc1ccc(C)c(C2NCCCC2CO)c1. The van der Waals surface area contributed by atoms with Gasteiger partial charge in [0, 0.05) is 18.6 Å². The van der Waals surface area contributed by atoms with E-state index in [-0.39, 0.29) is 6.61 Å². The minimum Gasteiger partial charge on any atom is -0.396 e. The molecule has 2 unspecified atom stereocenters. The zero-order valence-corrected chi connectivity index (χ0v) is 10.2. The number of benzene rings is 1. The maximum atomic E-state index is 9.44. The molecule has 1 heterocycles. The number of aliphatic hydroxyl groups is 1. The highest BCUT2D eigenvalue weighted by Gasteiger charge is 2.26. The summed E-state index contributed by atoms with van der Waals surface area (Å²) in [7, 11) is 0. The van der Waals surface area contributed by atoms with E-state index in [0.29, 0.717) is 12.0 Å². The van der Waals surface area contributed by atoms with E-state index < -0.39 is 0 Å². The topological polar surface area (TPSA) is 32.3 Å². The Morgan fingerprint density at radius 3 is 2.94 bits per heavy atom. The Morgan fingerprint density at radius 1 is 1.38 bits per heavy atom. The highest BCUT2D eigenvalue weighted by atomic mass is 16.3. The number of aryl methyl sites for hydroxylation is 2. The normalized spacial score (nSPS) is 25.7. The lowest BCUT2D eigenvalue weighted by Crippen LogP contribution is -2.36. The smallest absolute Gasteiger partial charge is 0.0477 e. The summed E-state index contributed by atoms with van der Waals surface area (Å²) in [5.41, 5.74) is 3.98. The zero-order chi connectivity index (χ0) is 11.5. The van der Waals surface area contributed by atoms with Crippen molar-refractivity contribution in [3.05, 3.63) is 34.9 Å². The summed E-state index contributed by atoms with van der Waals surface area (Å²) >= 11 is 0. The molecule has 2 atom stereocenters. The molecular formula is C14H21NO. The molecule has 0 bridgehead atoms. The van der Waals surface area contributed by atoms with Crippen molar-refractivity contribution in [1.82, 2.24) is 5.32 Å². The van der Waals surface area contributed by atoms with Gasteiger partial charge in [0.25, 0.3) is 0 Å². The molecule has 1 aliphatic rings. The monoisotopic (exact) mass is 219 g/mol. The predicted octanol–water partition coefficient (Wildman–Crippen LogP) is 2.34. The van der Waals surface area contributed by atoms with Gasteiger partial charge in [0.15, 0.2) is 0 Å². The van der Waals surface area contributed by atoms with Crippen LogP contribution in [0.15, 0.2) is 18.2 Å². The minimum atomic E-state index is 0.283. The van der Waals surface area contributed by atoms with E-state index in [2.05, 4.69) is 37.4 Å². The first kappa shape index (κ1) is 11.6. The molecule has 2 rings (SSSR count). The van der Waals surface area contributed by atoms with Crippen molar-refractivity contribution in [3.63, 3.8) is 0 Å². The van der Waals surface area contributed by atoms with Gasteiger partial charge in [0.2, 0.25) is 0 Å². The van der Waals surface area contributed by atoms with Crippen LogP contribution in [0.25, 0.3) is 0 Å². The van der Waals surface area contributed by atoms with Gasteiger partial charge in [-0.2, -0.15) is 0 Å². The van der Waals surface area contributed by atoms with Crippen LogP contribution in [0.3, 0.4) is 0 Å². The van der Waals surface area contributed by atoms with E-state index >= 15 is 0 Å². The van der Waals surface area contributed by atoms with Crippen LogP contribution in [0.4, 0.5) is 0 Å². The summed E-state index contributed by atoms with van der Waals surface area (Å²) in [6, 6.07) is 6.91. The number of hydrogen-bond acceptors (Lipinski definition) is 2. The fraction of sp³-hybridized carbons (Fsp3) is 0.571. The Balaban J connectivity index is 2.30. The lowest BCUT2D eigenvalue weighted by Gasteiger charge is -2.33. The van der Waals surface area contributed by atoms with Crippen molar-refractivity contribution in [2.45, 2.75) is 32.7 Å². The van der Waals surface area contributed by atoms with Crippen molar-refractivity contribution in [2.24, 2.45) is 5.92 Å². The Morgan fingerprint density at radius 2 is 2.19 bits per heavy atom. The van der Waals surface area contributed by atoms with E-state index in [9.17, 15) is 5.11 Å². The third-order valence-electron chi connectivity index (χ3n) is 3.59. The van der Waals surface area contributed by atoms with E-state index in [1.165, 1.54) is 23.1 Å². The summed E-state index contributed by atoms with van der Waals surface area (Å²) in [4.78, 5) is 0. The van der Waals surface area contributed by atoms with Crippen molar-refractivity contribution in [3.8, 4) is 0 Å². The molecule has 0 spiro atoms. The number of piperidine rings is 1. The fourth-order valence-electron chi connectivity index (χ4n) is 2.61. The second kappa shape index (κ2) is 4.98. The van der Waals surface area contributed by atoms with E-state index in [0.717, 1.165) is 13.0 Å². The predicted molar refractivity (Wildman–Crippen MR) is 66.5 cm³/mol. The molecule has 0 saturated carbocycles. The third-order valence-corrected chi connectivity index (χ3v) is 3.59. The van der Waals surface area contributed by atoms with E-state index in [1.807, 2.05) is 0 Å². The quantitative estimate of drug-likeness (QED) is 0.800. The van der Waals surface area contributed by atoms with Crippen molar-refractivity contribution < 1.29 is 5.11 Å². The number of hydrogen-bond donors (Lipinski definition) is 2. The van der Waals surface area contributed by atoms with Gasteiger partial charge >= 0.3 is 0 Å². The van der Waals surface area contributed by atoms with Crippen LogP contribution in [0.2, 0.25) is 0 Å². The van der Waals surface area contributed by atoms with Crippen LogP contribution < -0.4 is 5.32 Å². The van der Waals surface area contributed by atoms with Gasteiger partial charge in [-0.1, -0.05) is 23.8 Å². The summed E-state index contributed by atoms with van der Waals surface area (Å²) in [6.45, 7) is 5.62. The van der Waals surface area contributed by atoms with Gasteiger partial charge in [0.05, 0.1) is 0 Å². The van der Waals surface area contributed by atoms with Crippen molar-refractivity contribution in [1.29, 1.82) is 0 Å². The lowest BCUT2D eigenvalue weighted by molar-refractivity contribution is 0.160. The minimum absolute atomic E-state index is 0.283. The molecule has 16 heavy (non-hydrogen) atoms. The Labute approximate surface area is 97.7 Å². The maximum absolute atomic E-state index is 9.44. The molecule has 2 heteroatoms. The Bertz CT molecular complexity index is 362. The summed E-state index contributed by atoms with van der Waals surface area (Å²) in [5, 5.41) is 13.0. The molecular weight excluding hydrogens is 198 g/mol. The molecule has 1 aliphatic heterocycles. The average molecular weight is 219 g/mol. The van der Waals surface area contributed by atoms with Gasteiger partial charge in [-0.25, -0.2) is 0 Å². The average Bonchev–Trinajstić information content (AvgIpc) is 2.32. The molecule has 0 radical (unpaired) electrons. The van der Waals surface area contributed by atoms with Crippen LogP contribution in [0.1, 0.15) is 35.6 Å². The molecule has 2 N–H and O–H groups in total. The number of nitrogens with one attached hydrogen (secondary N) is 1. The third kappa shape index (κ3) is 2.28. The lowest BCUT2D eigenvalue weighted by atomic mass is 9.84. The molecule has 1 fully saturated rings. The molecule has 1 aromatic rings. The first-order valence-electron chi connectivity index (χ1n) is 6.13. The van der Waals surface area contributed by atoms with Crippen LogP contribution in [0.5, 0.6) is 0 Å². The Kier molecular flexibility index (Phi) is 3.62. The summed E-state index contributed by atoms with van der Waals surface area (Å²) in [5.74, 6) is 0.370. The standard InChI is InChI=1S/C14H21NO/c1-10-5-6-11(2)13(8-10)14-12(9-16)4-3-7-15-14/h5-6,8,12,14-16H,3-4,7,9H2,1-2H3. The van der Waals surface area contributed by atoms with Crippen LogP contribution in [-0.4, -0.2) is 18.3 Å². The van der Waals surface area contributed by atoms with Crippen LogP contribution in [0, 0.1) is 19.8 Å². The maximum Gasteiger partial charge on any atom is 0.0477 e. The number of aliphatic hydroxyl groups excluding tert-OH is 1. The van der Waals surface area contributed by atoms with Crippen molar-refractivity contribution >= 4 is 0 Å². The summed E-state index contributed by atoms with van der Waals surface area (Å²) in [6.07, 6.45) is 2.30. The van der Waals surface area contributed by atoms with Crippen LogP contribution >= 0.6 is 0 Å². The van der Waals surface area contributed by atoms with Gasteiger partial charge in [0.1, 0.15) is 0 Å². The second-order valence-corrected chi connectivity index (χ2v) is 4.88. The molecule has 88 valence electrons. The molecule has 1 aromatic carbocycles. The fourth-order valence-corrected chi connectivity index (χ4v) is 2.61. The molecule has 0 aliphatic carbocycles. The Hall–Kier alpha value is -0.860. The highest BCUT2D eigenvalue weighted by molar-refractivity contribution is 5.33. The molecule has 2 nitrogen and oxygen atoms in total. The van der Waals surface area contributed by atoms with Gasteiger partial charge < -0.3 is 10.4 Å². The first-order valence-corrected chi connectivity index (χ1v) is 6.13. The largest absolute Gasteiger partial charge is 0.396 e. The molecule has 1 saturated heterocycles. The van der Waals surface area contributed by atoms with Crippen molar-refractivity contribution in [2.75, 3.05) is 13.2 Å². The zero-order valence-electron chi connectivity index (χ0n) is 10.2. The first-order chi connectivity index (χ1) is 7.72. The highest BCUT2D eigenvalue weighted by Crippen LogP contribution is 2.31. The summed E-state index contributed by atoms with van der Waals surface area (Å²) < 4.78 is 0. The number of rotatable bonds is 2. The van der Waals surface area contributed by atoms with Gasteiger partial charge in [-0.05, 0) is 44.4 Å². The van der Waals surface area contributed by atoms with E-state index in [1.54, 1.807) is 0 Å². The molecule has 0 amide bonds. The van der Waals surface area contributed by atoms with Gasteiger partial charge in [-0.15, -0.1) is 0 Å². The van der Waals surface area contributed by atoms with Gasteiger partial charge in [-0.3, -0.25) is 0 Å². The van der Waals surface area contributed by atoms with Crippen LogP contribution in [-0.2, 0) is 0 Å². The second-order valence-electron chi connectivity index (χ2n) is 4.88. The molecule has 0 aromatic heterocycles.